The zero-order valence-electron chi connectivity index (χ0n) is 22.8. The molecule has 3 aliphatic heterocycles. The van der Waals surface area contributed by atoms with Gasteiger partial charge in [-0.05, 0) is 11.5 Å². The molecule has 3 aliphatic rings. The quantitative estimate of drug-likeness (QED) is 0.183. The molecule has 2 bridgehead atoms. The lowest BCUT2D eigenvalue weighted by Gasteiger charge is -2.32. The minimum Gasteiger partial charge on any atom is -0.382 e. The summed E-state index contributed by atoms with van der Waals surface area (Å²) >= 11 is 0.874. The summed E-state index contributed by atoms with van der Waals surface area (Å²) in [4.78, 5) is 52.8. The SMILES string of the molecule is CO[C@H]1[C@H]2OP(=O)(O)OC[C@H]3O[C@@H](c4snc5c(N)ncnc45)C[C@]3(F)P(=O)(O)OC[C@H]1O[C@H]2n1cnc2c(=O)[nH]c(N)nc21. The number of hydrogen-bond donors (Lipinski definition) is 5. The molecule has 242 valence electrons. The largest absolute Gasteiger partial charge is 0.472 e. The first-order chi connectivity index (χ1) is 21.3. The predicted octanol–water partition coefficient (Wildman–Crippen LogP) is 0.510. The zero-order valence-corrected chi connectivity index (χ0v) is 25.4. The van der Waals surface area contributed by atoms with Gasteiger partial charge in [0.2, 0.25) is 11.4 Å². The molecular formula is C21H24FN9O11P2S. The number of H-pyrrole nitrogens is 1. The van der Waals surface area contributed by atoms with Crippen LogP contribution in [0.5, 0.6) is 0 Å². The number of anilines is 2. The van der Waals surface area contributed by atoms with Gasteiger partial charge in [-0.25, -0.2) is 23.9 Å². The normalized spacial score (nSPS) is 37.4. The highest BCUT2D eigenvalue weighted by Gasteiger charge is 2.64. The molecule has 3 fully saturated rings. The minimum absolute atomic E-state index is 0.0654. The van der Waals surface area contributed by atoms with Crippen molar-refractivity contribution in [2.24, 2.45) is 0 Å². The molecule has 45 heavy (non-hydrogen) atoms. The Morgan fingerprint density at radius 1 is 1.16 bits per heavy atom. The van der Waals surface area contributed by atoms with Gasteiger partial charge in [-0.3, -0.25) is 28.0 Å². The number of halogens is 1. The summed E-state index contributed by atoms with van der Waals surface area (Å²) in [5.41, 5.74) is 11.1. The number of methoxy groups -OCH3 is 1. The van der Waals surface area contributed by atoms with Crippen molar-refractivity contribution < 1.29 is 51.1 Å². The number of imidazole rings is 1. The summed E-state index contributed by atoms with van der Waals surface area (Å²) in [7, 11) is -9.18. The fraction of sp³-hybridized carbons (Fsp3) is 0.524. The van der Waals surface area contributed by atoms with Crippen LogP contribution in [0.25, 0.3) is 22.2 Å². The standard InChI is InChI=1S/C21H24FN9O11P2S/c1-37-13-8-3-38-43(33,34)21(22)2-7(15-10-11(30-45-15)16(23)26-5-25-10)40-9(21)4-39-44(35,36)42-14(13)19(41-8)31-6-27-12-17(31)28-20(24)29-18(12)32/h5-9,13-14,19H,2-4H2,1H3,(H,33,34)(H,35,36)(H2,23,25,26)(H3,24,28,29,32)/t7-,8-,9-,13-,14-,19-,21+/m1/s1. The van der Waals surface area contributed by atoms with Crippen LogP contribution < -0.4 is 17.0 Å². The lowest BCUT2D eigenvalue weighted by atomic mass is 10.1. The number of nitrogen functional groups attached to an aromatic ring is 2. The lowest BCUT2D eigenvalue weighted by molar-refractivity contribution is -0.0525. The van der Waals surface area contributed by atoms with Crippen LogP contribution in [0.1, 0.15) is 23.6 Å². The number of alkyl halides is 1. The first kappa shape index (κ1) is 30.6. The molecule has 0 spiro atoms. The number of phosphoric acid groups is 1. The molecule has 4 aromatic rings. The van der Waals surface area contributed by atoms with Gasteiger partial charge in [0.25, 0.3) is 5.56 Å². The topological polar surface area (TPSA) is 284 Å². The van der Waals surface area contributed by atoms with Gasteiger partial charge >= 0.3 is 15.4 Å². The molecule has 0 amide bonds. The van der Waals surface area contributed by atoms with E-state index in [0.717, 1.165) is 17.9 Å². The molecule has 7 heterocycles. The molecule has 7 rings (SSSR count). The van der Waals surface area contributed by atoms with Gasteiger partial charge in [0.05, 0.1) is 30.5 Å². The van der Waals surface area contributed by atoms with Gasteiger partial charge in [0.15, 0.2) is 23.2 Å². The van der Waals surface area contributed by atoms with Crippen LogP contribution in [-0.2, 0) is 36.9 Å². The van der Waals surface area contributed by atoms with Crippen LogP contribution in [0.3, 0.4) is 0 Å². The number of aromatic nitrogens is 7. The number of fused-ring (bicyclic) bond motifs is 5. The molecule has 7 N–H and O–H groups in total. The third-order valence-corrected chi connectivity index (χ3v) is 11.5. The van der Waals surface area contributed by atoms with Crippen LogP contribution in [0, 0.1) is 0 Å². The first-order valence-electron chi connectivity index (χ1n) is 13.1. The second kappa shape index (κ2) is 10.8. The average molecular weight is 691 g/mol. The van der Waals surface area contributed by atoms with Crippen molar-refractivity contribution in [3.63, 3.8) is 0 Å². The third kappa shape index (κ3) is 4.97. The fourth-order valence-electron chi connectivity index (χ4n) is 5.59. The van der Waals surface area contributed by atoms with E-state index in [-0.39, 0.29) is 38.8 Å². The van der Waals surface area contributed by atoms with Gasteiger partial charge < -0.3 is 40.0 Å². The smallest absolute Gasteiger partial charge is 0.382 e. The maximum Gasteiger partial charge on any atom is 0.472 e. The average Bonchev–Trinajstić information content (AvgIpc) is 3.74. The summed E-state index contributed by atoms with van der Waals surface area (Å²) in [6.07, 6.45) is -6.87. The third-order valence-electron chi connectivity index (χ3n) is 7.72. The summed E-state index contributed by atoms with van der Waals surface area (Å²) in [5, 5.41) is -3.14. The highest BCUT2D eigenvalue weighted by atomic mass is 32.1. The molecule has 20 nitrogen and oxygen atoms in total. The maximum atomic E-state index is 16.8. The molecule has 3 saturated heterocycles. The van der Waals surface area contributed by atoms with E-state index in [4.69, 9.17) is 39.2 Å². The summed E-state index contributed by atoms with van der Waals surface area (Å²) in [5.74, 6) is -0.188. The van der Waals surface area contributed by atoms with E-state index < -0.39 is 82.8 Å². The van der Waals surface area contributed by atoms with E-state index in [2.05, 4.69) is 29.3 Å². The highest BCUT2D eigenvalue weighted by molar-refractivity contribution is 7.54. The van der Waals surface area contributed by atoms with E-state index in [1.54, 1.807) is 0 Å². The molecule has 2 unspecified atom stereocenters. The maximum absolute atomic E-state index is 16.8. The van der Waals surface area contributed by atoms with E-state index in [0.29, 0.717) is 0 Å². The van der Waals surface area contributed by atoms with Crippen LogP contribution >= 0.6 is 27.0 Å². The van der Waals surface area contributed by atoms with Gasteiger partial charge in [-0.1, -0.05) is 0 Å². The van der Waals surface area contributed by atoms with Crippen molar-refractivity contribution in [2.45, 2.75) is 48.6 Å². The van der Waals surface area contributed by atoms with Gasteiger partial charge in [0, 0.05) is 13.5 Å². The predicted molar refractivity (Wildman–Crippen MR) is 149 cm³/mol. The van der Waals surface area contributed by atoms with Crippen molar-refractivity contribution in [3.8, 4) is 0 Å². The van der Waals surface area contributed by atoms with Crippen LogP contribution in [0.2, 0.25) is 0 Å². The number of nitrogens with one attached hydrogen (secondary N) is 1. The van der Waals surface area contributed by atoms with E-state index in [1.807, 2.05) is 0 Å². The Morgan fingerprint density at radius 2 is 1.96 bits per heavy atom. The molecule has 0 aliphatic carbocycles. The van der Waals surface area contributed by atoms with Crippen molar-refractivity contribution in [3.05, 3.63) is 27.9 Å². The monoisotopic (exact) mass is 691 g/mol. The Kier molecular flexibility index (Phi) is 7.34. The van der Waals surface area contributed by atoms with Crippen molar-refractivity contribution in [2.75, 3.05) is 31.8 Å². The lowest BCUT2D eigenvalue weighted by Crippen LogP contribution is -2.41. The second-order valence-electron chi connectivity index (χ2n) is 10.3. The summed E-state index contributed by atoms with van der Waals surface area (Å²) in [6.45, 7) is -1.75. The Balaban J connectivity index is 1.24. The highest BCUT2D eigenvalue weighted by Crippen LogP contribution is 2.67. The van der Waals surface area contributed by atoms with Crippen molar-refractivity contribution in [1.29, 1.82) is 0 Å². The van der Waals surface area contributed by atoms with Gasteiger partial charge in [-0.15, -0.1) is 0 Å². The molecule has 24 heteroatoms. The Hall–Kier alpha value is -3.01. The molecule has 0 saturated carbocycles. The van der Waals surface area contributed by atoms with E-state index >= 15 is 4.39 Å². The zero-order chi connectivity index (χ0) is 31.9. The number of hydrogen-bond acceptors (Lipinski definition) is 17. The Bertz CT molecular complexity index is 1960. The molecule has 0 aromatic carbocycles. The summed E-state index contributed by atoms with van der Waals surface area (Å²) in [6, 6.07) is 0. The van der Waals surface area contributed by atoms with Crippen LogP contribution in [-0.4, -0.2) is 93.8 Å². The van der Waals surface area contributed by atoms with Crippen LogP contribution in [0.15, 0.2) is 17.4 Å². The van der Waals surface area contributed by atoms with Crippen LogP contribution in [0.4, 0.5) is 16.2 Å². The van der Waals surface area contributed by atoms with E-state index in [1.165, 1.54) is 18.0 Å². The molecule has 9 atom stereocenters. The number of rotatable bonds is 3. The van der Waals surface area contributed by atoms with Gasteiger partial charge in [-0.2, -0.15) is 9.36 Å². The number of nitrogens with two attached hydrogens (primary N) is 2. The summed E-state index contributed by atoms with van der Waals surface area (Å²) < 4.78 is 82.4. The molecule has 0 radical (unpaired) electrons. The van der Waals surface area contributed by atoms with Crippen molar-refractivity contribution >= 4 is 60.9 Å². The molecular weight excluding hydrogens is 667 g/mol. The van der Waals surface area contributed by atoms with Crippen molar-refractivity contribution in [1.82, 2.24) is 33.9 Å². The number of ether oxygens (including phenoxy) is 3. The Morgan fingerprint density at radius 3 is 2.73 bits per heavy atom. The Labute approximate surface area is 254 Å². The first-order valence-corrected chi connectivity index (χ1v) is 16.9. The molecule has 4 aromatic heterocycles. The van der Waals surface area contributed by atoms with Gasteiger partial charge in [0.1, 0.15) is 41.8 Å². The fourth-order valence-corrected chi connectivity index (χ4v) is 8.83. The number of phosphoric ester groups is 1. The second-order valence-corrected chi connectivity index (χ2v) is 14.6. The minimum atomic E-state index is -5.29. The number of aromatic amines is 1. The number of nitrogens with zero attached hydrogens (tertiary/aromatic N) is 6. The van der Waals surface area contributed by atoms with E-state index in [9.17, 15) is 23.7 Å².